The van der Waals surface area contributed by atoms with Gasteiger partial charge in [0.25, 0.3) is 0 Å². The van der Waals surface area contributed by atoms with Gasteiger partial charge in [0.1, 0.15) is 0 Å². The van der Waals surface area contributed by atoms with Crippen LogP contribution in [-0.2, 0) is 6.42 Å². The molecule has 0 aromatic carbocycles. The van der Waals surface area contributed by atoms with E-state index in [1.54, 1.807) is 12.3 Å². The van der Waals surface area contributed by atoms with Crippen LogP contribution in [0.25, 0.3) is 11.0 Å². The summed E-state index contributed by atoms with van der Waals surface area (Å²) in [5.74, 6) is 0. The van der Waals surface area contributed by atoms with Crippen molar-refractivity contribution in [3.8, 4) is 0 Å². The third kappa shape index (κ3) is 1.49. The van der Waals surface area contributed by atoms with Crippen LogP contribution in [0.3, 0.4) is 0 Å². The molecule has 0 unspecified atom stereocenters. The van der Waals surface area contributed by atoms with E-state index < -0.39 is 0 Å². The zero-order valence-corrected chi connectivity index (χ0v) is 8.04. The van der Waals surface area contributed by atoms with Gasteiger partial charge in [0.15, 0.2) is 5.65 Å². The smallest absolute Gasteiger partial charge is 0.160 e. The van der Waals surface area contributed by atoms with Gasteiger partial charge in [-0.1, -0.05) is 18.5 Å². The third-order valence-electron chi connectivity index (χ3n) is 1.97. The Morgan fingerprint density at radius 3 is 2.92 bits per heavy atom. The van der Waals surface area contributed by atoms with E-state index in [9.17, 15) is 0 Å². The fraction of sp³-hybridized carbons (Fsp3) is 0.200. The molecule has 0 atom stereocenters. The summed E-state index contributed by atoms with van der Waals surface area (Å²) < 4.78 is 0. The second kappa shape index (κ2) is 3.30. The molecule has 0 bridgehead atoms. The molecule has 2 heterocycles. The lowest BCUT2D eigenvalue weighted by atomic mass is 10.2. The van der Waals surface area contributed by atoms with Crippen LogP contribution in [0.4, 0.5) is 0 Å². The largest absolute Gasteiger partial charge is 0.237 e. The number of nitrogens with zero attached hydrogens (tertiary/aromatic N) is 2. The van der Waals surface area contributed by atoms with Gasteiger partial charge in [0.2, 0.25) is 0 Å². The van der Waals surface area contributed by atoms with Crippen molar-refractivity contribution in [3.63, 3.8) is 0 Å². The summed E-state index contributed by atoms with van der Waals surface area (Å²) in [5.41, 5.74) is 1.77. The van der Waals surface area contributed by atoms with E-state index in [0.717, 1.165) is 23.1 Å². The van der Waals surface area contributed by atoms with Gasteiger partial charge in [0, 0.05) is 17.3 Å². The Balaban J connectivity index is 2.72. The minimum absolute atomic E-state index is 0.708. The Labute approximate surface area is 81.6 Å². The number of hydrogen-bond acceptors (Lipinski definition) is 2. The number of fused-ring (bicyclic) bond motifs is 1. The van der Waals surface area contributed by atoms with Crippen LogP contribution < -0.4 is 0 Å². The molecular weight excluding hydrogens is 184 g/mol. The molecule has 0 aliphatic carbocycles. The number of rotatable bonds is 1. The van der Waals surface area contributed by atoms with Crippen LogP contribution in [0.1, 0.15) is 12.6 Å². The summed E-state index contributed by atoms with van der Waals surface area (Å²) >= 11 is 5.97. The Hall–Kier alpha value is -1.15. The highest BCUT2D eigenvalue weighted by atomic mass is 35.5. The van der Waals surface area contributed by atoms with Crippen LogP contribution in [0.15, 0.2) is 24.4 Å². The molecule has 0 N–H and O–H groups in total. The minimum atomic E-state index is 0.708. The average Bonchev–Trinajstić information content (AvgIpc) is 2.18. The molecule has 0 amide bonds. The summed E-state index contributed by atoms with van der Waals surface area (Å²) in [4.78, 5) is 8.51. The van der Waals surface area contributed by atoms with Gasteiger partial charge in [0.05, 0.1) is 5.02 Å². The first-order valence-electron chi connectivity index (χ1n) is 4.21. The van der Waals surface area contributed by atoms with Crippen molar-refractivity contribution in [3.05, 3.63) is 35.1 Å². The fourth-order valence-corrected chi connectivity index (χ4v) is 1.44. The molecule has 0 saturated heterocycles. The Morgan fingerprint density at radius 2 is 2.15 bits per heavy atom. The van der Waals surface area contributed by atoms with Crippen molar-refractivity contribution in [2.75, 3.05) is 0 Å². The van der Waals surface area contributed by atoms with E-state index in [2.05, 4.69) is 16.9 Å². The molecule has 2 rings (SSSR count). The maximum absolute atomic E-state index is 5.97. The molecule has 0 spiro atoms. The minimum Gasteiger partial charge on any atom is -0.237 e. The highest BCUT2D eigenvalue weighted by molar-refractivity contribution is 6.35. The zero-order chi connectivity index (χ0) is 9.26. The second-order valence-electron chi connectivity index (χ2n) is 2.82. The molecule has 2 aromatic rings. The van der Waals surface area contributed by atoms with E-state index in [4.69, 9.17) is 11.6 Å². The second-order valence-corrected chi connectivity index (χ2v) is 3.23. The van der Waals surface area contributed by atoms with E-state index >= 15 is 0 Å². The number of halogens is 1. The molecule has 13 heavy (non-hydrogen) atoms. The highest BCUT2D eigenvalue weighted by Crippen LogP contribution is 2.19. The van der Waals surface area contributed by atoms with Crippen LogP contribution in [0.5, 0.6) is 0 Å². The Kier molecular flexibility index (Phi) is 2.15. The van der Waals surface area contributed by atoms with Crippen molar-refractivity contribution >= 4 is 22.6 Å². The lowest BCUT2D eigenvalue weighted by molar-refractivity contribution is 1.05. The topological polar surface area (TPSA) is 25.8 Å². The van der Waals surface area contributed by atoms with E-state index in [1.807, 2.05) is 12.1 Å². The van der Waals surface area contributed by atoms with Gasteiger partial charge >= 0.3 is 0 Å². The van der Waals surface area contributed by atoms with Gasteiger partial charge in [-0.05, 0) is 24.6 Å². The van der Waals surface area contributed by atoms with Gasteiger partial charge in [-0.15, -0.1) is 0 Å². The van der Waals surface area contributed by atoms with Crippen molar-refractivity contribution in [2.24, 2.45) is 0 Å². The van der Waals surface area contributed by atoms with Crippen molar-refractivity contribution in [1.29, 1.82) is 0 Å². The molecule has 0 saturated carbocycles. The summed E-state index contributed by atoms with van der Waals surface area (Å²) in [6.07, 6.45) is 2.60. The first-order valence-corrected chi connectivity index (χ1v) is 4.59. The standard InChI is InChI=1S/C10H9ClN2/c1-2-7-3-4-8-9(11)5-6-12-10(8)13-7/h3-6H,2H2,1H3. The lowest BCUT2D eigenvalue weighted by Gasteiger charge is -2.00. The fourth-order valence-electron chi connectivity index (χ4n) is 1.23. The van der Waals surface area contributed by atoms with Gasteiger partial charge < -0.3 is 0 Å². The molecule has 0 aliphatic heterocycles. The van der Waals surface area contributed by atoms with Crippen molar-refractivity contribution < 1.29 is 0 Å². The monoisotopic (exact) mass is 192 g/mol. The predicted molar refractivity (Wildman–Crippen MR) is 53.9 cm³/mol. The number of hydrogen-bond donors (Lipinski definition) is 0. The molecular formula is C10H9ClN2. The molecule has 2 aromatic heterocycles. The summed E-state index contributed by atoms with van der Waals surface area (Å²) in [7, 11) is 0. The number of aromatic nitrogens is 2. The highest BCUT2D eigenvalue weighted by Gasteiger charge is 2.00. The van der Waals surface area contributed by atoms with Crippen LogP contribution >= 0.6 is 11.6 Å². The van der Waals surface area contributed by atoms with Crippen molar-refractivity contribution in [2.45, 2.75) is 13.3 Å². The molecule has 3 heteroatoms. The SMILES string of the molecule is CCc1ccc2c(Cl)ccnc2n1. The van der Waals surface area contributed by atoms with Gasteiger partial charge in [-0.3, -0.25) is 0 Å². The zero-order valence-electron chi connectivity index (χ0n) is 7.29. The van der Waals surface area contributed by atoms with Crippen LogP contribution in [0.2, 0.25) is 5.02 Å². The lowest BCUT2D eigenvalue weighted by Crippen LogP contribution is -1.89. The quantitative estimate of drug-likeness (QED) is 0.695. The molecule has 66 valence electrons. The maximum atomic E-state index is 5.97. The summed E-state index contributed by atoms with van der Waals surface area (Å²) in [5, 5.41) is 1.63. The summed E-state index contributed by atoms with van der Waals surface area (Å²) in [6.45, 7) is 2.07. The van der Waals surface area contributed by atoms with E-state index in [0.29, 0.717) is 5.02 Å². The van der Waals surface area contributed by atoms with Gasteiger partial charge in [-0.2, -0.15) is 0 Å². The van der Waals surface area contributed by atoms with E-state index in [-0.39, 0.29) is 0 Å². The molecule has 0 radical (unpaired) electrons. The van der Waals surface area contributed by atoms with Crippen molar-refractivity contribution in [1.82, 2.24) is 9.97 Å². The average molecular weight is 193 g/mol. The first-order chi connectivity index (χ1) is 6.31. The molecule has 0 aliphatic rings. The normalized spacial score (nSPS) is 10.6. The Bertz CT molecular complexity index is 440. The molecule has 0 fully saturated rings. The maximum Gasteiger partial charge on any atom is 0.160 e. The summed E-state index contributed by atoms with van der Waals surface area (Å²) in [6, 6.07) is 5.73. The van der Waals surface area contributed by atoms with Crippen LogP contribution in [0, 0.1) is 0 Å². The Morgan fingerprint density at radius 1 is 1.31 bits per heavy atom. The van der Waals surface area contributed by atoms with E-state index in [1.165, 1.54) is 0 Å². The number of aryl methyl sites for hydroxylation is 1. The van der Waals surface area contributed by atoms with Crippen LogP contribution in [-0.4, -0.2) is 9.97 Å². The third-order valence-corrected chi connectivity index (χ3v) is 2.30. The number of pyridine rings is 2. The molecule has 2 nitrogen and oxygen atoms in total. The first kappa shape index (κ1) is 8.45. The predicted octanol–water partition coefficient (Wildman–Crippen LogP) is 2.85. The van der Waals surface area contributed by atoms with Gasteiger partial charge in [-0.25, -0.2) is 9.97 Å².